The molecule has 2 amide bonds. The van der Waals surface area contributed by atoms with Crippen molar-refractivity contribution in [1.29, 1.82) is 0 Å². The van der Waals surface area contributed by atoms with Crippen LogP contribution < -0.4 is 5.32 Å². The van der Waals surface area contributed by atoms with Crippen LogP contribution in [0.15, 0.2) is 28.8 Å². The highest BCUT2D eigenvalue weighted by molar-refractivity contribution is 5.90. The molecule has 1 aliphatic rings. The third kappa shape index (κ3) is 3.55. The number of carbonyl (C=O) groups is 1. The maximum atomic E-state index is 12.9. The molecule has 1 aromatic carbocycles. The lowest BCUT2D eigenvalue weighted by molar-refractivity contribution is -0.137. The first kappa shape index (κ1) is 19.0. The molecule has 0 saturated heterocycles. The summed E-state index contributed by atoms with van der Waals surface area (Å²) in [6, 6.07) is 4.01. The summed E-state index contributed by atoms with van der Waals surface area (Å²) in [5.74, 6) is 0.829. The van der Waals surface area contributed by atoms with Crippen LogP contribution in [-0.4, -0.2) is 30.9 Å². The number of nitrogens with one attached hydrogen (secondary N) is 1. The number of carbonyl (C=O) groups excluding carboxylic acids is 1. The summed E-state index contributed by atoms with van der Waals surface area (Å²) < 4.78 is 45.5. The predicted octanol–water partition coefficient (Wildman–Crippen LogP) is 3.60. The summed E-state index contributed by atoms with van der Waals surface area (Å²) >= 11 is 0. The Balaban J connectivity index is 1.52. The zero-order chi connectivity index (χ0) is 20.8. The maximum absolute atomic E-state index is 12.9. The van der Waals surface area contributed by atoms with Crippen LogP contribution in [0.2, 0.25) is 0 Å². The highest BCUT2D eigenvalue weighted by Gasteiger charge is 2.33. The summed E-state index contributed by atoms with van der Waals surface area (Å²) in [6.45, 7) is 2.39. The van der Waals surface area contributed by atoms with Gasteiger partial charge >= 0.3 is 12.2 Å². The van der Waals surface area contributed by atoms with E-state index >= 15 is 0 Å². The van der Waals surface area contributed by atoms with Crippen molar-refractivity contribution in [1.82, 2.24) is 24.8 Å². The minimum absolute atomic E-state index is 0.0728. The van der Waals surface area contributed by atoms with Gasteiger partial charge in [-0.15, -0.1) is 0 Å². The van der Waals surface area contributed by atoms with E-state index in [2.05, 4.69) is 20.6 Å². The first-order valence-electron chi connectivity index (χ1n) is 8.87. The first-order valence-corrected chi connectivity index (χ1v) is 8.87. The van der Waals surface area contributed by atoms with Crippen LogP contribution >= 0.6 is 0 Å². The van der Waals surface area contributed by atoms with Gasteiger partial charge in [-0.05, 0) is 18.2 Å². The van der Waals surface area contributed by atoms with Gasteiger partial charge in [0.15, 0.2) is 11.5 Å². The van der Waals surface area contributed by atoms with Crippen LogP contribution in [0.3, 0.4) is 0 Å². The van der Waals surface area contributed by atoms with E-state index in [0.717, 1.165) is 23.4 Å². The Morgan fingerprint density at radius 1 is 1.31 bits per heavy atom. The van der Waals surface area contributed by atoms with Crippen molar-refractivity contribution < 1.29 is 22.5 Å². The predicted molar refractivity (Wildman–Crippen MR) is 95.6 cm³/mol. The molecule has 0 atom stereocenters. The topological polar surface area (TPSA) is 89.1 Å². The molecule has 0 saturated carbocycles. The van der Waals surface area contributed by atoms with E-state index in [1.54, 1.807) is 11.7 Å². The average Bonchev–Trinajstić information content (AvgIpc) is 3.38. The van der Waals surface area contributed by atoms with Crippen LogP contribution in [0.25, 0.3) is 11.6 Å². The largest absolute Gasteiger partial charge is 0.416 e. The molecule has 152 valence electrons. The first-order chi connectivity index (χ1) is 13.8. The molecular formula is C18H17F3N6O2. The van der Waals surface area contributed by atoms with Crippen molar-refractivity contribution in [3.63, 3.8) is 0 Å². The number of aryl methyl sites for hydroxylation is 2. The molecule has 0 spiro atoms. The summed E-state index contributed by atoms with van der Waals surface area (Å²) in [6.07, 6.45) is -3.86. The Morgan fingerprint density at radius 3 is 2.79 bits per heavy atom. The Labute approximate surface area is 163 Å². The van der Waals surface area contributed by atoms with Crippen molar-refractivity contribution in [3.8, 4) is 11.6 Å². The molecule has 0 radical (unpaired) electrons. The molecule has 8 nitrogen and oxygen atoms in total. The van der Waals surface area contributed by atoms with Gasteiger partial charge in [-0.1, -0.05) is 18.1 Å². The van der Waals surface area contributed by atoms with Gasteiger partial charge in [0.2, 0.25) is 0 Å². The van der Waals surface area contributed by atoms with E-state index in [1.165, 1.54) is 17.0 Å². The lowest BCUT2D eigenvalue weighted by Crippen LogP contribution is -2.31. The normalized spacial score (nSPS) is 13.6. The third-order valence-electron chi connectivity index (χ3n) is 4.68. The summed E-state index contributed by atoms with van der Waals surface area (Å²) in [4.78, 5) is 18.4. The summed E-state index contributed by atoms with van der Waals surface area (Å²) in [5, 5.41) is 10.8. The molecule has 3 heterocycles. The monoisotopic (exact) mass is 406 g/mol. The SMILES string of the molecule is CCc1noc(-c2nn(C)c3c2CN(C(=O)Nc2cccc(C(F)(F)F)c2)C3)n1. The third-order valence-corrected chi connectivity index (χ3v) is 4.68. The number of anilines is 1. The van der Waals surface area contributed by atoms with Crippen molar-refractivity contribution in [3.05, 3.63) is 46.9 Å². The number of rotatable bonds is 3. The lowest BCUT2D eigenvalue weighted by Gasteiger charge is -2.17. The summed E-state index contributed by atoms with van der Waals surface area (Å²) in [7, 11) is 1.74. The van der Waals surface area contributed by atoms with Crippen molar-refractivity contribution in [2.45, 2.75) is 32.6 Å². The van der Waals surface area contributed by atoms with Crippen molar-refractivity contribution in [2.24, 2.45) is 7.05 Å². The molecule has 3 aromatic rings. The summed E-state index contributed by atoms with van der Waals surface area (Å²) in [5.41, 5.74) is 1.33. The van der Waals surface area contributed by atoms with Gasteiger partial charge in [0.05, 0.1) is 24.3 Å². The number of hydrogen-bond donors (Lipinski definition) is 1. The fourth-order valence-electron chi connectivity index (χ4n) is 3.18. The smallest absolute Gasteiger partial charge is 0.332 e. The molecule has 0 fully saturated rings. The van der Waals surface area contributed by atoms with Gasteiger partial charge in [0.25, 0.3) is 5.89 Å². The van der Waals surface area contributed by atoms with Crippen LogP contribution in [0.5, 0.6) is 0 Å². The average molecular weight is 406 g/mol. The second kappa shape index (κ2) is 6.90. The zero-order valence-corrected chi connectivity index (χ0v) is 15.6. The molecule has 29 heavy (non-hydrogen) atoms. The van der Waals surface area contributed by atoms with E-state index in [-0.39, 0.29) is 24.7 Å². The molecule has 4 rings (SSSR count). The highest BCUT2D eigenvalue weighted by atomic mass is 19.4. The number of alkyl halides is 3. The Morgan fingerprint density at radius 2 is 2.10 bits per heavy atom. The number of nitrogens with zero attached hydrogens (tertiary/aromatic N) is 5. The number of aromatic nitrogens is 4. The molecule has 1 aliphatic heterocycles. The highest BCUT2D eigenvalue weighted by Crippen LogP contribution is 2.33. The van der Waals surface area contributed by atoms with E-state index < -0.39 is 17.8 Å². The van der Waals surface area contributed by atoms with Crippen molar-refractivity contribution >= 4 is 11.7 Å². The van der Waals surface area contributed by atoms with Crippen molar-refractivity contribution in [2.75, 3.05) is 5.32 Å². The Hall–Kier alpha value is -3.37. The number of halogens is 3. The van der Waals surface area contributed by atoms with Crippen LogP contribution in [0.4, 0.5) is 23.7 Å². The van der Waals surface area contributed by atoms with Crippen LogP contribution in [-0.2, 0) is 32.7 Å². The van der Waals surface area contributed by atoms with Gasteiger partial charge in [-0.25, -0.2) is 4.79 Å². The van der Waals surface area contributed by atoms with Gasteiger partial charge in [-0.2, -0.15) is 23.3 Å². The van der Waals surface area contributed by atoms with E-state index in [4.69, 9.17) is 4.52 Å². The molecule has 0 unspecified atom stereocenters. The number of benzene rings is 1. The van der Waals surface area contributed by atoms with Gasteiger partial charge in [0.1, 0.15) is 0 Å². The van der Waals surface area contributed by atoms with E-state index in [9.17, 15) is 18.0 Å². The van der Waals surface area contributed by atoms with Gasteiger partial charge in [-0.3, -0.25) is 4.68 Å². The molecule has 0 bridgehead atoms. The minimum Gasteiger partial charge on any atom is -0.332 e. The van der Waals surface area contributed by atoms with Crippen LogP contribution in [0.1, 0.15) is 29.6 Å². The second-order valence-electron chi connectivity index (χ2n) is 6.63. The van der Waals surface area contributed by atoms with Crippen LogP contribution in [0, 0.1) is 0 Å². The number of amides is 2. The van der Waals surface area contributed by atoms with E-state index in [1.807, 2.05) is 6.92 Å². The number of fused-ring (bicyclic) bond motifs is 1. The number of hydrogen-bond acceptors (Lipinski definition) is 5. The maximum Gasteiger partial charge on any atom is 0.416 e. The standard InChI is InChI=1S/C18H17F3N6O2/c1-3-14-23-16(29-25-14)15-12-8-27(9-13(12)26(2)24-15)17(28)22-11-6-4-5-10(7-11)18(19,20)21/h4-7H,3,8-9H2,1-2H3,(H,22,28). The second-order valence-corrected chi connectivity index (χ2v) is 6.63. The molecular weight excluding hydrogens is 389 g/mol. The van der Waals surface area contributed by atoms with Gasteiger partial charge < -0.3 is 14.7 Å². The lowest BCUT2D eigenvalue weighted by atomic mass is 10.2. The molecule has 0 aliphatic carbocycles. The van der Waals surface area contributed by atoms with E-state index in [0.29, 0.717) is 17.9 Å². The number of urea groups is 1. The zero-order valence-electron chi connectivity index (χ0n) is 15.6. The fraction of sp³-hybridized carbons (Fsp3) is 0.333. The fourth-order valence-corrected chi connectivity index (χ4v) is 3.18. The minimum atomic E-state index is -4.48. The Kier molecular flexibility index (Phi) is 4.52. The van der Waals surface area contributed by atoms with Gasteiger partial charge in [0, 0.05) is 24.7 Å². The molecule has 2 aromatic heterocycles. The quantitative estimate of drug-likeness (QED) is 0.718. The molecule has 11 heteroatoms. The Bertz CT molecular complexity index is 1070. The molecule has 1 N–H and O–H groups in total.